The van der Waals surface area contributed by atoms with E-state index in [-0.39, 0.29) is 43.5 Å². The lowest BCUT2D eigenvalue weighted by Gasteiger charge is -2.13. The predicted molar refractivity (Wildman–Crippen MR) is 64.7 cm³/mol. The van der Waals surface area contributed by atoms with Crippen LogP contribution in [-0.4, -0.2) is 48.9 Å². The third kappa shape index (κ3) is 4.83. The monoisotopic (exact) mass is 256 g/mol. The maximum atomic E-state index is 11.4. The molecule has 1 aliphatic heterocycles. The number of nitrogens with one attached hydrogen (secondary N) is 1. The molecule has 6 nitrogen and oxygen atoms in total. The van der Waals surface area contributed by atoms with E-state index in [2.05, 4.69) is 5.32 Å². The van der Waals surface area contributed by atoms with Gasteiger partial charge in [-0.15, -0.1) is 0 Å². The average Bonchev–Trinajstić information content (AvgIpc) is 2.66. The molecule has 1 N–H and O–H groups in total. The van der Waals surface area contributed by atoms with Gasteiger partial charge in [-0.1, -0.05) is 0 Å². The van der Waals surface area contributed by atoms with Crippen LogP contribution in [0.4, 0.5) is 0 Å². The van der Waals surface area contributed by atoms with Gasteiger partial charge in [0.1, 0.15) is 0 Å². The second-order valence-corrected chi connectivity index (χ2v) is 4.09. The molecule has 1 saturated heterocycles. The maximum absolute atomic E-state index is 11.4. The number of likely N-dealkylation sites (tertiary alicyclic amines) is 1. The van der Waals surface area contributed by atoms with Crippen molar-refractivity contribution in [1.29, 1.82) is 0 Å². The number of ether oxygens (including phenoxy) is 1. The van der Waals surface area contributed by atoms with E-state index in [1.807, 2.05) is 6.92 Å². The summed E-state index contributed by atoms with van der Waals surface area (Å²) < 4.78 is 5.14. The number of hydrogen-bond donors (Lipinski definition) is 1. The minimum atomic E-state index is -0.177. The molecule has 0 aromatic rings. The quantitative estimate of drug-likeness (QED) is 0.492. The van der Waals surface area contributed by atoms with Crippen molar-refractivity contribution in [2.75, 3.05) is 26.3 Å². The lowest BCUT2D eigenvalue weighted by atomic mass is 10.3. The third-order valence-electron chi connectivity index (χ3n) is 2.71. The Morgan fingerprint density at radius 3 is 2.61 bits per heavy atom. The van der Waals surface area contributed by atoms with Gasteiger partial charge in [-0.2, -0.15) is 0 Å². The van der Waals surface area contributed by atoms with E-state index in [9.17, 15) is 14.4 Å². The largest absolute Gasteiger partial charge is 0.382 e. The first-order chi connectivity index (χ1) is 8.65. The second kappa shape index (κ2) is 7.81. The van der Waals surface area contributed by atoms with Crippen LogP contribution in [0.3, 0.4) is 0 Å². The van der Waals surface area contributed by atoms with E-state index >= 15 is 0 Å². The Morgan fingerprint density at radius 2 is 2.00 bits per heavy atom. The Morgan fingerprint density at radius 1 is 1.33 bits per heavy atom. The smallest absolute Gasteiger partial charge is 0.229 e. The summed E-state index contributed by atoms with van der Waals surface area (Å²) in [5, 5.41) is 2.73. The maximum Gasteiger partial charge on any atom is 0.229 e. The molecule has 1 fully saturated rings. The van der Waals surface area contributed by atoms with Crippen molar-refractivity contribution in [3.63, 3.8) is 0 Å². The molecular weight excluding hydrogens is 236 g/mol. The van der Waals surface area contributed by atoms with Crippen LogP contribution in [0.15, 0.2) is 0 Å². The Hall–Kier alpha value is -1.43. The fraction of sp³-hybridized carbons (Fsp3) is 0.750. The normalized spacial score (nSPS) is 15.3. The van der Waals surface area contributed by atoms with Gasteiger partial charge in [0.15, 0.2) is 0 Å². The highest BCUT2D eigenvalue weighted by Gasteiger charge is 2.28. The minimum Gasteiger partial charge on any atom is -0.382 e. The van der Waals surface area contributed by atoms with Crippen molar-refractivity contribution < 1.29 is 19.1 Å². The van der Waals surface area contributed by atoms with Crippen LogP contribution in [0.5, 0.6) is 0 Å². The Kier molecular flexibility index (Phi) is 6.35. The van der Waals surface area contributed by atoms with E-state index in [0.29, 0.717) is 19.8 Å². The van der Waals surface area contributed by atoms with Gasteiger partial charge in [-0.3, -0.25) is 19.3 Å². The highest BCUT2D eigenvalue weighted by Crippen LogP contribution is 2.11. The summed E-state index contributed by atoms with van der Waals surface area (Å²) in [7, 11) is 0. The van der Waals surface area contributed by atoms with Gasteiger partial charge in [-0.05, 0) is 13.3 Å². The van der Waals surface area contributed by atoms with E-state index < -0.39 is 0 Å². The SMILES string of the molecule is CCOCCCNC(=O)CCN1C(=O)CCC1=O. The highest BCUT2D eigenvalue weighted by atomic mass is 16.5. The summed E-state index contributed by atoms with van der Waals surface area (Å²) in [6, 6.07) is 0. The van der Waals surface area contributed by atoms with Crippen LogP contribution in [-0.2, 0) is 19.1 Å². The molecule has 0 aliphatic carbocycles. The molecule has 0 aromatic carbocycles. The first-order valence-electron chi connectivity index (χ1n) is 6.32. The summed E-state index contributed by atoms with van der Waals surface area (Å²) in [5.41, 5.74) is 0. The summed E-state index contributed by atoms with van der Waals surface area (Å²) >= 11 is 0. The zero-order valence-corrected chi connectivity index (χ0v) is 10.7. The van der Waals surface area contributed by atoms with Crippen LogP contribution in [0.2, 0.25) is 0 Å². The molecule has 0 spiro atoms. The van der Waals surface area contributed by atoms with Crippen molar-refractivity contribution >= 4 is 17.7 Å². The first kappa shape index (κ1) is 14.6. The van der Waals surface area contributed by atoms with E-state index in [4.69, 9.17) is 4.74 Å². The van der Waals surface area contributed by atoms with Gasteiger partial charge >= 0.3 is 0 Å². The summed E-state index contributed by atoms with van der Waals surface area (Å²) in [5.74, 6) is -0.493. The number of carbonyl (C=O) groups is 3. The molecule has 1 heterocycles. The van der Waals surface area contributed by atoms with Gasteiger partial charge in [0, 0.05) is 45.6 Å². The summed E-state index contributed by atoms with van der Waals surface area (Å²) in [6.45, 7) is 3.96. The van der Waals surface area contributed by atoms with Crippen molar-refractivity contribution in [3.05, 3.63) is 0 Å². The van der Waals surface area contributed by atoms with Crippen molar-refractivity contribution in [2.24, 2.45) is 0 Å². The Bertz CT molecular complexity index is 301. The van der Waals surface area contributed by atoms with E-state index in [0.717, 1.165) is 6.42 Å². The fourth-order valence-electron chi connectivity index (χ4n) is 1.72. The lowest BCUT2D eigenvalue weighted by molar-refractivity contribution is -0.138. The fourth-order valence-corrected chi connectivity index (χ4v) is 1.72. The standard InChI is InChI=1S/C12H20N2O4/c1-2-18-9-3-7-13-10(15)6-8-14-11(16)4-5-12(14)17/h2-9H2,1H3,(H,13,15). The number of carbonyl (C=O) groups excluding carboxylic acids is 3. The predicted octanol–water partition coefficient (Wildman–Crippen LogP) is 0.0683. The molecule has 102 valence electrons. The van der Waals surface area contributed by atoms with Crippen LogP contribution >= 0.6 is 0 Å². The zero-order chi connectivity index (χ0) is 13.4. The van der Waals surface area contributed by atoms with Gasteiger partial charge in [0.05, 0.1) is 0 Å². The molecule has 18 heavy (non-hydrogen) atoms. The third-order valence-corrected chi connectivity index (χ3v) is 2.71. The van der Waals surface area contributed by atoms with Crippen LogP contribution in [0.1, 0.15) is 32.6 Å². The molecule has 0 bridgehead atoms. The van der Waals surface area contributed by atoms with Crippen LogP contribution < -0.4 is 5.32 Å². The average molecular weight is 256 g/mol. The molecule has 0 saturated carbocycles. The molecule has 0 radical (unpaired) electrons. The molecular formula is C12H20N2O4. The molecule has 6 heteroatoms. The molecule has 0 unspecified atom stereocenters. The first-order valence-corrected chi connectivity index (χ1v) is 6.32. The summed E-state index contributed by atoms with van der Waals surface area (Å²) in [4.78, 5) is 35.2. The van der Waals surface area contributed by atoms with E-state index in [1.54, 1.807) is 0 Å². The second-order valence-electron chi connectivity index (χ2n) is 4.09. The van der Waals surface area contributed by atoms with E-state index in [1.165, 1.54) is 4.90 Å². The topological polar surface area (TPSA) is 75.7 Å². The molecule has 0 atom stereocenters. The lowest BCUT2D eigenvalue weighted by Crippen LogP contribution is -2.34. The van der Waals surface area contributed by atoms with Gasteiger partial charge in [0.25, 0.3) is 0 Å². The minimum absolute atomic E-state index is 0.140. The number of imide groups is 1. The molecule has 1 rings (SSSR count). The van der Waals surface area contributed by atoms with Gasteiger partial charge < -0.3 is 10.1 Å². The molecule has 3 amide bonds. The van der Waals surface area contributed by atoms with Crippen molar-refractivity contribution in [3.8, 4) is 0 Å². The van der Waals surface area contributed by atoms with Crippen molar-refractivity contribution in [2.45, 2.75) is 32.6 Å². The number of nitrogens with zero attached hydrogens (tertiary/aromatic N) is 1. The van der Waals surface area contributed by atoms with Crippen LogP contribution in [0, 0.1) is 0 Å². The number of hydrogen-bond acceptors (Lipinski definition) is 4. The molecule has 1 aliphatic rings. The zero-order valence-electron chi connectivity index (χ0n) is 10.7. The summed E-state index contributed by atoms with van der Waals surface area (Å²) in [6.07, 6.45) is 1.48. The van der Waals surface area contributed by atoms with Crippen molar-refractivity contribution in [1.82, 2.24) is 10.2 Å². The van der Waals surface area contributed by atoms with Gasteiger partial charge in [-0.25, -0.2) is 0 Å². The number of amides is 3. The number of rotatable bonds is 8. The van der Waals surface area contributed by atoms with Crippen LogP contribution in [0.25, 0.3) is 0 Å². The van der Waals surface area contributed by atoms with Gasteiger partial charge in [0.2, 0.25) is 17.7 Å². The Balaban J connectivity index is 2.09. The molecule has 0 aromatic heterocycles. The highest BCUT2D eigenvalue weighted by molar-refractivity contribution is 6.02. The Labute approximate surface area is 107 Å².